The molecule has 1 aliphatic rings. The Balaban J connectivity index is 1.97. The first kappa shape index (κ1) is 12.4. The Labute approximate surface area is 108 Å². The minimum Gasteiger partial charge on any atom is -0.316 e. The van der Waals surface area contributed by atoms with Crippen LogP contribution in [0.3, 0.4) is 0 Å². The Bertz CT molecular complexity index is 407. The van der Waals surface area contributed by atoms with Crippen LogP contribution < -0.4 is 5.32 Å². The highest BCUT2D eigenvalue weighted by Gasteiger charge is 2.20. The average Bonchev–Trinajstić information content (AvgIpc) is 2.19. The van der Waals surface area contributed by atoms with Crippen LogP contribution in [0, 0.1) is 5.92 Å². The Morgan fingerprint density at radius 3 is 2.75 bits per heavy atom. The molecule has 1 atom stereocenters. The van der Waals surface area contributed by atoms with E-state index in [0.29, 0.717) is 21.7 Å². The van der Waals surface area contributed by atoms with E-state index >= 15 is 0 Å². The van der Waals surface area contributed by atoms with E-state index in [0.717, 1.165) is 24.4 Å². The summed E-state index contributed by atoms with van der Waals surface area (Å²) in [6, 6.07) is 5.46. The molecule has 0 amide bonds. The molecule has 0 saturated carbocycles. The minimum atomic E-state index is -0.851. The molecule has 1 heterocycles. The van der Waals surface area contributed by atoms with Crippen molar-refractivity contribution in [3.05, 3.63) is 33.8 Å². The molecule has 1 fully saturated rings. The fourth-order valence-electron chi connectivity index (χ4n) is 1.62. The quantitative estimate of drug-likeness (QED) is 0.916. The lowest BCUT2D eigenvalue weighted by molar-refractivity contribution is 0.382. The van der Waals surface area contributed by atoms with Gasteiger partial charge in [-0.15, -0.1) is 0 Å². The Hall–Kier alpha value is -0.0900. The Morgan fingerprint density at radius 2 is 2.12 bits per heavy atom. The molecular weight excluding hydrogens is 265 g/mol. The predicted molar refractivity (Wildman–Crippen MR) is 69.5 cm³/mol. The summed E-state index contributed by atoms with van der Waals surface area (Å²) in [5, 5.41) is 4.23. The minimum absolute atomic E-state index is 0.496. The number of benzene rings is 1. The topological polar surface area (TPSA) is 29.1 Å². The molecule has 0 radical (unpaired) electrons. The van der Waals surface area contributed by atoms with Gasteiger partial charge in [0.05, 0.1) is 15.8 Å². The molecule has 2 nitrogen and oxygen atoms in total. The van der Waals surface area contributed by atoms with Crippen LogP contribution in [0.25, 0.3) is 0 Å². The maximum atomic E-state index is 11.9. The molecule has 0 spiro atoms. The SMILES string of the molecule is O=S(Cc1cccc(Cl)c1Cl)CC1CNC1. The van der Waals surface area contributed by atoms with Crippen LogP contribution >= 0.6 is 23.2 Å². The second kappa shape index (κ2) is 5.50. The number of halogens is 2. The van der Waals surface area contributed by atoms with Gasteiger partial charge in [0, 0.05) is 29.6 Å². The second-order valence-corrected chi connectivity index (χ2v) is 6.27. The predicted octanol–water partition coefficient (Wildman–Crippen LogP) is 2.46. The first-order valence-corrected chi connectivity index (χ1v) is 7.40. The van der Waals surface area contributed by atoms with Gasteiger partial charge in [0.1, 0.15) is 0 Å². The maximum Gasteiger partial charge on any atom is 0.0633 e. The van der Waals surface area contributed by atoms with Crippen LogP contribution in [0.4, 0.5) is 0 Å². The smallest absolute Gasteiger partial charge is 0.0633 e. The van der Waals surface area contributed by atoms with E-state index in [1.165, 1.54) is 0 Å². The summed E-state index contributed by atoms with van der Waals surface area (Å²) in [7, 11) is -0.851. The summed E-state index contributed by atoms with van der Waals surface area (Å²) in [5.41, 5.74) is 0.875. The third-order valence-corrected chi connectivity index (χ3v) is 4.97. The highest BCUT2D eigenvalue weighted by atomic mass is 35.5. The second-order valence-electron chi connectivity index (χ2n) is 3.99. The largest absolute Gasteiger partial charge is 0.316 e. The van der Waals surface area contributed by atoms with Crippen molar-refractivity contribution in [2.45, 2.75) is 5.75 Å². The molecular formula is C11H13Cl2NOS. The van der Waals surface area contributed by atoms with Crippen molar-refractivity contribution in [3.63, 3.8) is 0 Å². The van der Waals surface area contributed by atoms with Gasteiger partial charge in [-0.3, -0.25) is 4.21 Å². The molecule has 1 aromatic rings. The lowest BCUT2D eigenvalue weighted by Gasteiger charge is -2.26. The van der Waals surface area contributed by atoms with Crippen molar-refractivity contribution >= 4 is 34.0 Å². The zero-order valence-corrected chi connectivity index (χ0v) is 11.0. The van der Waals surface area contributed by atoms with Gasteiger partial charge in [-0.05, 0) is 17.5 Å². The van der Waals surface area contributed by atoms with E-state index in [1.807, 2.05) is 12.1 Å². The summed E-state index contributed by atoms with van der Waals surface area (Å²) in [5.74, 6) is 1.80. The van der Waals surface area contributed by atoms with Crippen LogP contribution in [0.15, 0.2) is 18.2 Å². The monoisotopic (exact) mass is 277 g/mol. The summed E-state index contributed by atoms with van der Waals surface area (Å²) in [6.07, 6.45) is 0. The van der Waals surface area contributed by atoms with Crippen LogP contribution in [0.1, 0.15) is 5.56 Å². The van der Waals surface area contributed by atoms with E-state index in [2.05, 4.69) is 5.32 Å². The molecule has 5 heteroatoms. The average molecular weight is 278 g/mol. The first-order chi connectivity index (χ1) is 7.66. The third kappa shape index (κ3) is 2.98. The normalized spacial score (nSPS) is 18.1. The molecule has 2 rings (SSSR count). The number of rotatable bonds is 4. The van der Waals surface area contributed by atoms with Crippen molar-refractivity contribution in [2.24, 2.45) is 5.92 Å². The maximum absolute atomic E-state index is 11.9. The van der Waals surface area contributed by atoms with Crippen molar-refractivity contribution in [2.75, 3.05) is 18.8 Å². The van der Waals surface area contributed by atoms with Gasteiger partial charge >= 0.3 is 0 Å². The third-order valence-electron chi connectivity index (χ3n) is 2.64. The van der Waals surface area contributed by atoms with Gasteiger partial charge in [0.15, 0.2) is 0 Å². The van der Waals surface area contributed by atoms with E-state index in [9.17, 15) is 4.21 Å². The standard InChI is InChI=1S/C11H13Cl2NOS/c12-10-3-1-2-9(11(10)13)7-16(15)6-8-4-14-5-8/h1-3,8,14H,4-7H2. The first-order valence-electron chi connectivity index (χ1n) is 5.15. The van der Waals surface area contributed by atoms with Gasteiger partial charge in [0.25, 0.3) is 0 Å². The number of hydrogen-bond acceptors (Lipinski definition) is 2. The Morgan fingerprint density at radius 1 is 1.38 bits per heavy atom. The van der Waals surface area contributed by atoms with Gasteiger partial charge in [0.2, 0.25) is 0 Å². The van der Waals surface area contributed by atoms with Gasteiger partial charge in [-0.25, -0.2) is 0 Å². The molecule has 0 aromatic heterocycles. The number of nitrogens with one attached hydrogen (secondary N) is 1. The van der Waals surface area contributed by atoms with E-state index in [-0.39, 0.29) is 0 Å². The van der Waals surface area contributed by atoms with Crippen molar-refractivity contribution in [1.29, 1.82) is 0 Å². The van der Waals surface area contributed by atoms with Crippen molar-refractivity contribution in [3.8, 4) is 0 Å². The summed E-state index contributed by atoms with van der Waals surface area (Å²) in [4.78, 5) is 0. The zero-order chi connectivity index (χ0) is 11.5. The van der Waals surface area contributed by atoms with Gasteiger partial charge in [-0.1, -0.05) is 35.3 Å². The lowest BCUT2D eigenvalue weighted by atomic mass is 10.1. The molecule has 1 aliphatic heterocycles. The molecule has 0 bridgehead atoms. The van der Waals surface area contributed by atoms with E-state index in [4.69, 9.17) is 23.2 Å². The lowest BCUT2D eigenvalue weighted by Crippen LogP contribution is -2.44. The highest BCUT2D eigenvalue weighted by molar-refractivity contribution is 7.84. The van der Waals surface area contributed by atoms with Crippen LogP contribution in [-0.4, -0.2) is 23.1 Å². The zero-order valence-electron chi connectivity index (χ0n) is 8.71. The molecule has 0 aliphatic carbocycles. The van der Waals surface area contributed by atoms with Crippen LogP contribution in [0.5, 0.6) is 0 Å². The van der Waals surface area contributed by atoms with Crippen LogP contribution in [-0.2, 0) is 16.6 Å². The van der Waals surface area contributed by atoms with E-state index in [1.54, 1.807) is 6.07 Å². The Kier molecular flexibility index (Phi) is 4.25. The highest BCUT2D eigenvalue weighted by Crippen LogP contribution is 2.26. The summed E-state index contributed by atoms with van der Waals surface area (Å²) in [6.45, 7) is 1.96. The van der Waals surface area contributed by atoms with Crippen molar-refractivity contribution < 1.29 is 4.21 Å². The van der Waals surface area contributed by atoms with Gasteiger partial charge < -0.3 is 5.32 Å². The fraction of sp³-hybridized carbons (Fsp3) is 0.455. The summed E-state index contributed by atoms with van der Waals surface area (Å²) < 4.78 is 11.9. The van der Waals surface area contributed by atoms with Crippen molar-refractivity contribution in [1.82, 2.24) is 5.32 Å². The molecule has 16 heavy (non-hydrogen) atoms. The van der Waals surface area contributed by atoms with Crippen LogP contribution in [0.2, 0.25) is 10.0 Å². The molecule has 88 valence electrons. The summed E-state index contributed by atoms with van der Waals surface area (Å²) >= 11 is 11.9. The molecule has 1 aromatic carbocycles. The molecule has 1 N–H and O–H groups in total. The van der Waals surface area contributed by atoms with E-state index < -0.39 is 10.8 Å². The molecule has 1 unspecified atom stereocenters. The molecule has 1 saturated heterocycles. The fourth-order valence-corrected chi connectivity index (χ4v) is 3.55. The number of hydrogen-bond donors (Lipinski definition) is 1. The van der Waals surface area contributed by atoms with Gasteiger partial charge in [-0.2, -0.15) is 0 Å².